The Morgan fingerprint density at radius 3 is 2.50 bits per heavy atom. The van der Waals surface area contributed by atoms with Crippen LogP contribution in [0.5, 0.6) is 0 Å². The normalized spacial score (nSPS) is 14.3. The molecule has 0 radical (unpaired) electrons. The van der Waals surface area contributed by atoms with Gasteiger partial charge in [-0.05, 0) is 24.6 Å². The quantitative estimate of drug-likeness (QED) is 0.870. The van der Waals surface area contributed by atoms with Gasteiger partial charge in [0.25, 0.3) is 0 Å². The molecule has 0 amide bonds. The van der Waals surface area contributed by atoms with Crippen molar-refractivity contribution in [1.82, 2.24) is 4.72 Å². The van der Waals surface area contributed by atoms with Crippen molar-refractivity contribution in [1.29, 1.82) is 0 Å². The summed E-state index contributed by atoms with van der Waals surface area (Å²) in [5.74, 6) is 0. The van der Waals surface area contributed by atoms with E-state index in [1.165, 1.54) is 0 Å². The highest BCUT2D eigenvalue weighted by Gasteiger charge is 2.34. The van der Waals surface area contributed by atoms with Gasteiger partial charge in [0, 0.05) is 12.6 Å². The van der Waals surface area contributed by atoms with Crippen molar-refractivity contribution in [2.24, 2.45) is 5.73 Å². The highest BCUT2D eigenvalue weighted by atomic mass is 35.5. The molecule has 1 aromatic rings. The molecule has 114 valence electrons. The third-order valence-electron chi connectivity index (χ3n) is 2.61. The zero-order valence-corrected chi connectivity index (χ0v) is 12.1. The summed E-state index contributed by atoms with van der Waals surface area (Å²) in [6, 6.07) is 2.01. The molecular weight excluding hydrogens is 317 g/mol. The molecule has 0 saturated heterocycles. The summed E-state index contributed by atoms with van der Waals surface area (Å²) < 4.78 is 63.9. The first-order valence-electron chi connectivity index (χ1n) is 5.70. The lowest BCUT2D eigenvalue weighted by Gasteiger charge is -2.13. The summed E-state index contributed by atoms with van der Waals surface area (Å²) in [6.07, 6.45) is -4.18. The van der Waals surface area contributed by atoms with Gasteiger partial charge in [-0.25, -0.2) is 13.1 Å². The van der Waals surface area contributed by atoms with E-state index in [0.29, 0.717) is 12.5 Å². The number of benzene rings is 1. The Balaban J connectivity index is 3.08. The maximum Gasteiger partial charge on any atom is 0.417 e. The van der Waals surface area contributed by atoms with Gasteiger partial charge in [-0.3, -0.25) is 0 Å². The van der Waals surface area contributed by atoms with Crippen molar-refractivity contribution in [2.45, 2.75) is 30.5 Å². The number of hydrogen-bond donors (Lipinski definition) is 2. The van der Waals surface area contributed by atoms with Crippen molar-refractivity contribution in [3.8, 4) is 0 Å². The molecule has 0 saturated carbocycles. The molecule has 1 atom stereocenters. The van der Waals surface area contributed by atoms with Crippen LogP contribution in [0.3, 0.4) is 0 Å². The Bertz CT molecular complexity index is 576. The Morgan fingerprint density at radius 2 is 2.00 bits per heavy atom. The van der Waals surface area contributed by atoms with E-state index in [4.69, 9.17) is 17.3 Å². The van der Waals surface area contributed by atoms with Gasteiger partial charge in [-0.1, -0.05) is 18.5 Å². The van der Waals surface area contributed by atoms with Gasteiger partial charge in [0.2, 0.25) is 10.0 Å². The first-order valence-corrected chi connectivity index (χ1v) is 7.56. The van der Waals surface area contributed by atoms with Crippen molar-refractivity contribution >= 4 is 21.6 Å². The van der Waals surface area contributed by atoms with Crippen LogP contribution in [-0.4, -0.2) is 21.0 Å². The van der Waals surface area contributed by atoms with Gasteiger partial charge in [0.05, 0.1) is 15.5 Å². The Labute approximate surface area is 120 Å². The number of halogens is 4. The minimum Gasteiger partial charge on any atom is -0.327 e. The Morgan fingerprint density at radius 1 is 1.40 bits per heavy atom. The van der Waals surface area contributed by atoms with Crippen LogP contribution in [0.4, 0.5) is 13.2 Å². The summed E-state index contributed by atoms with van der Waals surface area (Å²) in [6.45, 7) is 1.71. The average Bonchev–Trinajstić information content (AvgIpc) is 2.34. The van der Waals surface area contributed by atoms with Gasteiger partial charge >= 0.3 is 6.18 Å². The fourth-order valence-corrected chi connectivity index (χ4v) is 2.68. The molecule has 0 spiro atoms. The van der Waals surface area contributed by atoms with E-state index >= 15 is 0 Å². The van der Waals surface area contributed by atoms with E-state index in [0.717, 1.165) is 12.1 Å². The Hall–Kier alpha value is -0.830. The van der Waals surface area contributed by atoms with Crippen molar-refractivity contribution < 1.29 is 21.6 Å². The van der Waals surface area contributed by atoms with Crippen LogP contribution in [0.15, 0.2) is 23.1 Å². The van der Waals surface area contributed by atoms with Crippen molar-refractivity contribution in [3.05, 3.63) is 28.8 Å². The lowest BCUT2D eigenvalue weighted by atomic mass is 10.2. The second kappa shape index (κ2) is 6.30. The van der Waals surface area contributed by atoms with Crippen LogP contribution in [-0.2, 0) is 16.2 Å². The van der Waals surface area contributed by atoms with Gasteiger partial charge in [-0.2, -0.15) is 13.2 Å². The summed E-state index contributed by atoms with van der Waals surface area (Å²) in [5, 5.41) is -0.554. The smallest absolute Gasteiger partial charge is 0.327 e. The predicted molar refractivity (Wildman–Crippen MR) is 69.9 cm³/mol. The molecule has 0 heterocycles. The maximum absolute atomic E-state index is 12.7. The monoisotopic (exact) mass is 330 g/mol. The number of alkyl halides is 3. The SMILES string of the molecule is CCC(N)CNS(=O)(=O)c1ccc(Cl)c(C(F)(F)F)c1. The third-order valence-corrected chi connectivity index (χ3v) is 4.36. The largest absolute Gasteiger partial charge is 0.417 e. The number of nitrogens with one attached hydrogen (secondary N) is 1. The first kappa shape index (κ1) is 17.2. The summed E-state index contributed by atoms with van der Waals surface area (Å²) in [4.78, 5) is -0.502. The van der Waals surface area contributed by atoms with Crippen LogP contribution in [0.1, 0.15) is 18.9 Å². The van der Waals surface area contributed by atoms with Crippen molar-refractivity contribution in [3.63, 3.8) is 0 Å². The summed E-state index contributed by atoms with van der Waals surface area (Å²) in [7, 11) is -4.05. The van der Waals surface area contributed by atoms with Crippen molar-refractivity contribution in [2.75, 3.05) is 6.54 Å². The fraction of sp³-hybridized carbons (Fsp3) is 0.455. The zero-order chi connectivity index (χ0) is 15.6. The number of hydrogen-bond acceptors (Lipinski definition) is 3. The second-order valence-corrected chi connectivity index (χ2v) is 6.33. The van der Waals surface area contributed by atoms with E-state index in [9.17, 15) is 21.6 Å². The molecule has 0 aliphatic rings. The van der Waals surface area contributed by atoms with E-state index in [1.807, 2.05) is 0 Å². The molecule has 0 bridgehead atoms. The summed E-state index contributed by atoms with van der Waals surface area (Å²) >= 11 is 5.43. The summed E-state index contributed by atoms with van der Waals surface area (Å²) in [5.41, 5.74) is 4.36. The molecule has 9 heteroatoms. The molecular formula is C11H14ClF3N2O2S. The fourth-order valence-electron chi connectivity index (χ4n) is 1.33. The standard InChI is InChI=1S/C11H14ClF3N2O2S/c1-2-7(16)6-17-20(18,19)8-3-4-10(12)9(5-8)11(13,14)15/h3-5,7,17H,2,6,16H2,1H3. The predicted octanol–water partition coefficient (Wildman–Crippen LogP) is 2.37. The average molecular weight is 331 g/mol. The van der Waals surface area contributed by atoms with Crippen LogP contribution in [0.25, 0.3) is 0 Å². The molecule has 1 rings (SSSR count). The third kappa shape index (κ3) is 4.34. The second-order valence-electron chi connectivity index (χ2n) is 4.16. The molecule has 0 aromatic heterocycles. The van der Waals surface area contributed by atoms with Gasteiger partial charge in [-0.15, -0.1) is 0 Å². The molecule has 20 heavy (non-hydrogen) atoms. The minimum absolute atomic E-state index is 0.0528. The highest BCUT2D eigenvalue weighted by Crippen LogP contribution is 2.35. The van der Waals surface area contributed by atoms with E-state index < -0.39 is 37.7 Å². The van der Waals surface area contributed by atoms with Crippen LogP contribution >= 0.6 is 11.6 Å². The lowest BCUT2D eigenvalue weighted by Crippen LogP contribution is -2.36. The molecule has 1 aromatic carbocycles. The first-order chi connectivity index (χ1) is 9.08. The molecule has 0 aliphatic heterocycles. The molecule has 1 unspecified atom stereocenters. The van der Waals surface area contributed by atoms with Gasteiger partial charge < -0.3 is 5.73 Å². The van der Waals surface area contributed by atoms with E-state index in [2.05, 4.69) is 4.72 Å². The van der Waals surface area contributed by atoms with E-state index in [-0.39, 0.29) is 6.54 Å². The molecule has 4 nitrogen and oxygen atoms in total. The van der Waals surface area contributed by atoms with Crippen LogP contribution < -0.4 is 10.5 Å². The number of sulfonamides is 1. The van der Waals surface area contributed by atoms with E-state index in [1.54, 1.807) is 6.92 Å². The highest BCUT2D eigenvalue weighted by molar-refractivity contribution is 7.89. The maximum atomic E-state index is 12.7. The molecule has 0 aliphatic carbocycles. The number of rotatable bonds is 5. The lowest BCUT2D eigenvalue weighted by molar-refractivity contribution is -0.137. The Kier molecular flexibility index (Phi) is 5.42. The van der Waals surface area contributed by atoms with Crippen LogP contribution in [0, 0.1) is 0 Å². The number of nitrogens with two attached hydrogens (primary N) is 1. The molecule has 3 N–H and O–H groups in total. The van der Waals surface area contributed by atoms with Gasteiger partial charge in [0.1, 0.15) is 0 Å². The minimum atomic E-state index is -4.72. The topological polar surface area (TPSA) is 72.2 Å². The zero-order valence-electron chi connectivity index (χ0n) is 10.5. The molecule has 0 fully saturated rings. The van der Waals surface area contributed by atoms with Gasteiger partial charge in [0.15, 0.2) is 0 Å². The van der Waals surface area contributed by atoms with Crippen LogP contribution in [0.2, 0.25) is 5.02 Å².